The average Bonchev–Trinajstić information content (AvgIpc) is 3.32. The van der Waals surface area contributed by atoms with Crippen LogP contribution >= 0.6 is 22.6 Å². The van der Waals surface area contributed by atoms with Gasteiger partial charge >= 0.3 is 5.97 Å². The van der Waals surface area contributed by atoms with Crippen LogP contribution in [0.4, 0.5) is 20.2 Å². The molecule has 0 bridgehead atoms. The second-order valence-corrected chi connectivity index (χ2v) is 10.5. The molecule has 4 nitrogen and oxygen atoms in total. The zero-order chi connectivity index (χ0) is 19.8. The van der Waals surface area contributed by atoms with Gasteiger partial charge in [-0.25, -0.2) is 13.6 Å². The highest BCUT2D eigenvalue weighted by Crippen LogP contribution is 2.52. The SMILES string of the molecule is C=C1C(C(=O)O)=CN(C2CC2)c2c1cc(F)c(N1CC3CCCC3(I)C1)c2F. The van der Waals surface area contributed by atoms with Crippen molar-refractivity contribution in [3.05, 3.63) is 41.6 Å². The van der Waals surface area contributed by atoms with Crippen LogP contribution < -0.4 is 9.80 Å². The summed E-state index contributed by atoms with van der Waals surface area (Å²) in [6.07, 6.45) is 6.55. The highest BCUT2D eigenvalue weighted by atomic mass is 127. The molecule has 1 aromatic rings. The Labute approximate surface area is 176 Å². The lowest BCUT2D eigenvalue weighted by molar-refractivity contribution is -0.132. The van der Waals surface area contributed by atoms with Gasteiger partial charge in [-0.05, 0) is 43.2 Å². The molecule has 5 rings (SSSR count). The summed E-state index contributed by atoms with van der Waals surface area (Å²) in [5.74, 6) is -1.91. The van der Waals surface area contributed by atoms with Crippen molar-refractivity contribution in [3.63, 3.8) is 0 Å². The van der Waals surface area contributed by atoms with Gasteiger partial charge < -0.3 is 14.9 Å². The Kier molecular flexibility index (Phi) is 4.06. The van der Waals surface area contributed by atoms with Crippen LogP contribution in [0.15, 0.2) is 24.4 Å². The maximum absolute atomic E-state index is 15.8. The first kappa shape index (κ1) is 18.4. The lowest BCUT2D eigenvalue weighted by Gasteiger charge is -2.32. The van der Waals surface area contributed by atoms with E-state index in [9.17, 15) is 9.90 Å². The van der Waals surface area contributed by atoms with Crippen LogP contribution in [-0.4, -0.2) is 33.6 Å². The van der Waals surface area contributed by atoms with Crippen LogP contribution in [0.1, 0.15) is 37.7 Å². The highest BCUT2D eigenvalue weighted by molar-refractivity contribution is 14.1. The molecular weight excluding hydrogens is 477 g/mol. The maximum Gasteiger partial charge on any atom is 0.337 e. The minimum atomic E-state index is -1.13. The third kappa shape index (κ3) is 2.61. The molecule has 2 atom stereocenters. The molecule has 4 aliphatic rings. The fourth-order valence-corrected chi connectivity index (χ4v) is 6.31. The van der Waals surface area contributed by atoms with E-state index in [0.29, 0.717) is 19.0 Å². The number of benzene rings is 1. The molecule has 2 saturated carbocycles. The Balaban J connectivity index is 1.62. The topological polar surface area (TPSA) is 43.8 Å². The van der Waals surface area contributed by atoms with Crippen LogP contribution in [-0.2, 0) is 4.79 Å². The van der Waals surface area contributed by atoms with E-state index in [4.69, 9.17) is 0 Å². The summed E-state index contributed by atoms with van der Waals surface area (Å²) in [4.78, 5) is 15.1. The Hall–Kier alpha value is -1.64. The van der Waals surface area contributed by atoms with Crippen LogP contribution in [0.5, 0.6) is 0 Å². The molecule has 2 heterocycles. The third-order valence-electron chi connectivity index (χ3n) is 6.60. The number of fused-ring (bicyclic) bond motifs is 2. The fourth-order valence-electron chi connectivity index (χ4n) is 5.01. The van der Waals surface area contributed by atoms with Crippen LogP contribution in [0.3, 0.4) is 0 Å². The van der Waals surface area contributed by atoms with Gasteiger partial charge in [-0.2, -0.15) is 0 Å². The van der Waals surface area contributed by atoms with Crippen molar-refractivity contribution < 1.29 is 18.7 Å². The number of halogens is 3. The van der Waals surface area contributed by atoms with E-state index in [0.717, 1.165) is 25.7 Å². The van der Waals surface area contributed by atoms with Crippen molar-refractivity contribution in [2.75, 3.05) is 22.9 Å². The molecule has 1 N–H and O–H groups in total. The first-order chi connectivity index (χ1) is 13.3. The molecule has 2 unspecified atom stereocenters. The summed E-state index contributed by atoms with van der Waals surface area (Å²) in [6, 6.07) is 1.33. The number of alkyl halides is 1. The van der Waals surface area contributed by atoms with Crippen LogP contribution in [0, 0.1) is 17.6 Å². The molecule has 1 aromatic carbocycles. The largest absolute Gasteiger partial charge is 0.478 e. The Morgan fingerprint density at radius 1 is 1.29 bits per heavy atom. The number of hydrogen-bond donors (Lipinski definition) is 1. The summed E-state index contributed by atoms with van der Waals surface area (Å²) in [5, 5.41) is 9.49. The summed E-state index contributed by atoms with van der Waals surface area (Å²) >= 11 is 2.48. The highest BCUT2D eigenvalue weighted by Gasteiger charge is 2.49. The average molecular weight is 498 g/mol. The maximum atomic E-state index is 15.8. The monoisotopic (exact) mass is 498 g/mol. The number of carboxylic acids is 1. The van der Waals surface area contributed by atoms with Gasteiger partial charge in [0.05, 0.1) is 11.3 Å². The predicted molar refractivity (Wildman–Crippen MR) is 113 cm³/mol. The molecule has 2 aliphatic carbocycles. The molecule has 148 valence electrons. The summed E-state index contributed by atoms with van der Waals surface area (Å²) in [7, 11) is 0. The second kappa shape index (κ2) is 6.18. The Morgan fingerprint density at radius 3 is 2.68 bits per heavy atom. The predicted octanol–water partition coefficient (Wildman–Crippen LogP) is 4.72. The molecule has 0 radical (unpaired) electrons. The third-order valence-corrected chi connectivity index (χ3v) is 8.36. The van der Waals surface area contributed by atoms with Gasteiger partial charge in [0.1, 0.15) is 11.5 Å². The van der Waals surface area contributed by atoms with Gasteiger partial charge in [-0.15, -0.1) is 0 Å². The van der Waals surface area contributed by atoms with Gasteiger partial charge in [0, 0.05) is 34.3 Å². The van der Waals surface area contributed by atoms with E-state index in [2.05, 4.69) is 29.2 Å². The van der Waals surface area contributed by atoms with E-state index in [-0.39, 0.29) is 37.5 Å². The zero-order valence-corrected chi connectivity index (χ0v) is 17.5. The van der Waals surface area contributed by atoms with E-state index < -0.39 is 17.6 Å². The van der Waals surface area contributed by atoms with Gasteiger partial charge in [-0.3, -0.25) is 0 Å². The lowest BCUT2D eigenvalue weighted by Crippen LogP contribution is -2.31. The van der Waals surface area contributed by atoms with Gasteiger partial charge in [0.2, 0.25) is 0 Å². The molecular formula is C21H21F2IN2O2. The molecule has 1 saturated heterocycles. The molecule has 28 heavy (non-hydrogen) atoms. The molecule has 0 spiro atoms. The second-order valence-electron chi connectivity index (χ2n) is 8.39. The zero-order valence-electron chi connectivity index (χ0n) is 15.4. The molecule has 2 aliphatic heterocycles. The quantitative estimate of drug-likeness (QED) is 0.484. The van der Waals surface area contributed by atoms with Crippen LogP contribution in [0.25, 0.3) is 5.57 Å². The number of carbonyl (C=O) groups is 1. The van der Waals surface area contributed by atoms with Gasteiger partial charge in [-0.1, -0.05) is 35.6 Å². The van der Waals surface area contributed by atoms with Gasteiger partial charge in [0.25, 0.3) is 0 Å². The number of carboxylic acid groups (broad SMARTS) is 1. The summed E-state index contributed by atoms with van der Waals surface area (Å²) in [6.45, 7) is 5.12. The van der Waals surface area contributed by atoms with E-state index >= 15 is 8.78 Å². The fraction of sp³-hybridized carbons (Fsp3) is 0.476. The molecule has 7 heteroatoms. The van der Waals surface area contributed by atoms with Crippen LogP contribution in [0.2, 0.25) is 0 Å². The Bertz CT molecular complexity index is 943. The van der Waals surface area contributed by atoms with Crippen molar-refractivity contribution in [2.24, 2.45) is 5.92 Å². The molecule has 0 aromatic heterocycles. The first-order valence-corrected chi connectivity index (χ1v) is 10.8. The van der Waals surface area contributed by atoms with E-state index in [1.54, 1.807) is 4.90 Å². The molecule has 3 fully saturated rings. The summed E-state index contributed by atoms with van der Waals surface area (Å²) in [5.41, 5.74) is 0.692. The standard InChI is InChI=1S/C21H21F2IN2O2/c1-11-14-7-16(22)19(25-8-12-3-2-6-21(12,24)10-25)17(23)18(14)26(13-4-5-13)9-15(11)20(27)28/h7,9,12-13H,1-6,8,10H2,(H,27,28). The van der Waals surface area contributed by atoms with E-state index in [1.165, 1.54) is 18.7 Å². The van der Waals surface area contributed by atoms with E-state index in [1.807, 2.05) is 4.90 Å². The number of aliphatic carboxylic acids is 1. The van der Waals surface area contributed by atoms with Crippen molar-refractivity contribution in [1.82, 2.24) is 0 Å². The number of hydrogen-bond acceptors (Lipinski definition) is 3. The number of rotatable bonds is 3. The van der Waals surface area contributed by atoms with Gasteiger partial charge in [0.15, 0.2) is 5.82 Å². The minimum Gasteiger partial charge on any atom is -0.478 e. The van der Waals surface area contributed by atoms with Crippen molar-refractivity contribution in [1.29, 1.82) is 0 Å². The summed E-state index contributed by atoms with van der Waals surface area (Å²) < 4.78 is 31.0. The smallest absolute Gasteiger partial charge is 0.337 e. The van der Waals surface area contributed by atoms with Crippen molar-refractivity contribution >= 4 is 45.5 Å². The van der Waals surface area contributed by atoms with Crippen molar-refractivity contribution in [2.45, 2.75) is 41.6 Å². The first-order valence-electron chi connectivity index (χ1n) is 9.69. The number of nitrogens with zero attached hydrogens (tertiary/aromatic N) is 2. The number of anilines is 2. The van der Waals surface area contributed by atoms with Crippen molar-refractivity contribution in [3.8, 4) is 0 Å². The molecule has 0 amide bonds. The Morgan fingerprint density at radius 2 is 2.04 bits per heavy atom. The normalized spacial score (nSPS) is 29.0. The minimum absolute atomic E-state index is 0.00660. The lowest BCUT2D eigenvalue weighted by atomic mass is 9.93.